The molecule has 0 unspecified atom stereocenters. The van der Waals surface area contributed by atoms with Crippen molar-refractivity contribution in [1.82, 2.24) is 13.5 Å². The maximum absolute atomic E-state index is 6.34. The third-order valence-electron chi connectivity index (χ3n) is 5.64. The van der Waals surface area contributed by atoms with Crippen molar-refractivity contribution in [1.29, 1.82) is 0 Å². The minimum atomic E-state index is 0.672. The van der Waals surface area contributed by atoms with Gasteiger partial charge in [0, 0.05) is 17.8 Å². The fraction of sp³-hybridized carbons (Fsp3) is 0.148. The average molecular weight is 490 g/mol. The van der Waals surface area contributed by atoms with Crippen LogP contribution in [-0.2, 0) is 13.1 Å². The Hall–Kier alpha value is -3.48. The second-order valence-corrected chi connectivity index (χ2v) is 9.39. The highest BCUT2D eigenvalue weighted by Crippen LogP contribution is 2.29. The van der Waals surface area contributed by atoms with Crippen LogP contribution in [0.1, 0.15) is 11.1 Å². The molecule has 0 amide bonds. The molecule has 0 aliphatic carbocycles. The topological polar surface area (TPSA) is 41.2 Å². The first-order valence-corrected chi connectivity index (χ1v) is 12.0. The van der Waals surface area contributed by atoms with Crippen LogP contribution in [0.5, 0.6) is 11.5 Å². The molecule has 34 heavy (non-hydrogen) atoms. The van der Waals surface area contributed by atoms with Crippen LogP contribution in [0, 0.1) is 0 Å². The van der Waals surface area contributed by atoms with Gasteiger partial charge in [-0.25, -0.2) is 4.98 Å². The number of aromatic nitrogens is 3. The molecular formula is C27H24ClN3O2S. The summed E-state index contributed by atoms with van der Waals surface area (Å²) in [7, 11) is 3.36. The fourth-order valence-electron chi connectivity index (χ4n) is 3.85. The molecule has 172 valence electrons. The zero-order valence-corrected chi connectivity index (χ0v) is 20.5. The minimum Gasteiger partial charge on any atom is -0.497 e. The molecule has 7 heteroatoms. The lowest BCUT2D eigenvalue weighted by molar-refractivity contribution is 0.414. The number of benzene rings is 3. The number of rotatable bonds is 6. The molecule has 2 heterocycles. The van der Waals surface area contributed by atoms with E-state index in [1.54, 1.807) is 25.8 Å². The third-order valence-corrected chi connectivity index (χ3v) is 6.97. The van der Waals surface area contributed by atoms with E-state index in [9.17, 15) is 0 Å². The molecule has 0 bridgehead atoms. The smallest absolute Gasteiger partial charge is 0.158 e. The Morgan fingerprint density at radius 3 is 2.12 bits per heavy atom. The standard InChI is InChI=1S/C27H24ClN3O2S/c1-32-22-10-5-19(6-11-22)17-30-15-3-4-25-27(30)29-24-16-21(28)9-14-26(24)34-31(25)18-20-7-12-23(33-2)13-8-20/h3-16H,17-18H2,1-2H3. The first-order chi connectivity index (χ1) is 16.6. The average Bonchev–Trinajstić information content (AvgIpc) is 3.02. The number of ether oxygens (including phenoxy) is 2. The second kappa shape index (κ2) is 9.79. The SMILES string of the molecule is COc1ccc(Cn2cccc3n(Cc4ccc(OC)cc4)sc4ccc(Cl)cc4nc2-3)cc1. The van der Waals surface area contributed by atoms with Gasteiger partial charge in [-0.2, -0.15) is 0 Å². The number of hydrogen-bond donors (Lipinski definition) is 0. The summed E-state index contributed by atoms with van der Waals surface area (Å²) >= 11 is 8.01. The van der Waals surface area contributed by atoms with Crippen molar-refractivity contribution in [2.24, 2.45) is 0 Å². The molecule has 3 aromatic rings. The van der Waals surface area contributed by atoms with Crippen LogP contribution in [0.15, 0.2) is 85.1 Å². The summed E-state index contributed by atoms with van der Waals surface area (Å²) in [5.74, 6) is 2.58. The van der Waals surface area contributed by atoms with Gasteiger partial charge in [-0.15, -0.1) is 0 Å². The van der Waals surface area contributed by atoms with Crippen LogP contribution in [-0.4, -0.2) is 27.7 Å². The Kier molecular flexibility index (Phi) is 6.43. The number of fused-ring (bicyclic) bond motifs is 2. The lowest BCUT2D eigenvalue weighted by Crippen LogP contribution is -2.10. The van der Waals surface area contributed by atoms with Crippen molar-refractivity contribution in [3.8, 4) is 23.0 Å². The normalized spacial score (nSPS) is 11.0. The Balaban J connectivity index is 1.64. The summed E-state index contributed by atoms with van der Waals surface area (Å²) in [6, 6.07) is 26.4. The first-order valence-electron chi connectivity index (χ1n) is 10.9. The molecule has 0 saturated carbocycles. The van der Waals surface area contributed by atoms with E-state index in [0.717, 1.165) is 33.2 Å². The van der Waals surface area contributed by atoms with Gasteiger partial charge in [-0.05, 0) is 65.7 Å². The van der Waals surface area contributed by atoms with Crippen LogP contribution in [0.4, 0.5) is 0 Å². The summed E-state index contributed by atoms with van der Waals surface area (Å²) < 4.78 is 16.1. The van der Waals surface area contributed by atoms with Gasteiger partial charge >= 0.3 is 0 Å². The third kappa shape index (κ3) is 4.74. The van der Waals surface area contributed by atoms with Crippen molar-refractivity contribution in [2.45, 2.75) is 13.1 Å². The Morgan fingerprint density at radius 2 is 1.47 bits per heavy atom. The Bertz CT molecular complexity index is 1430. The van der Waals surface area contributed by atoms with E-state index < -0.39 is 0 Å². The summed E-state index contributed by atoms with van der Waals surface area (Å²) in [5, 5.41) is 0.672. The molecule has 0 radical (unpaired) electrons. The molecule has 0 spiro atoms. The fourth-order valence-corrected chi connectivity index (χ4v) is 5.04. The largest absolute Gasteiger partial charge is 0.497 e. The number of pyridine rings is 1. The second-order valence-electron chi connectivity index (χ2n) is 7.89. The van der Waals surface area contributed by atoms with Gasteiger partial charge in [0.2, 0.25) is 0 Å². The summed E-state index contributed by atoms with van der Waals surface area (Å²) in [4.78, 5) is 5.08. The van der Waals surface area contributed by atoms with Crippen LogP contribution in [0.3, 0.4) is 0 Å². The predicted octanol–water partition coefficient (Wildman–Crippen LogP) is 6.90. The first kappa shape index (κ1) is 22.3. The maximum atomic E-state index is 6.34. The van der Waals surface area contributed by atoms with E-state index in [-0.39, 0.29) is 0 Å². The highest BCUT2D eigenvalue weighted by molar-refractivity contribution is 7.13. The van der Waals surface area contributed by atoms with E-state index >= 15 is 0 Å². The molecule has 0 atom stereocenters. The summed E-state index contributed by atoms with van der Waals surface area (Å²) in [6.45, 7) is 1.40. The predicted molar refractivity (Wildman–Crippen MR) is 139 cm³/mol. The van der Waals surface area contributed by atoms with E-state index in [1.165, 1.54) is 11.1 Å². The molecule has 2 aliphatic heterocycles. The van der Waals surface area contributed by atoms with E-state index in [2.05, 4.69) is 51.1 Å². The van der Waals surface area contributed by atoms with Crippen LogP contribution < -0.4 is 9.47 Å². The van der Waals surface area contributed by atoms with Crippen molar-refractivity contribution >= 4 is 33.4 Å². The highest BCUT2D eigenvalue weighted by atomic mass is 35.5. The van der Waals surface area contributed by atoms with E-state index in [1.807, 2.05) is 42.5 Å². The van der Waals surface area contributed by atoms with Gasteiger partial charge in [0.25, 0.3) is 0 Å². The van der Waals surface area contributed by atoms with Gasteiger partial charge in [0.05, 0.1) is 36.7 Å². The van der Waals surface area contributed by atoms with Crippen LogP contribution in [0.25, 0.3) is 21.7 Å². The van der Waals surface area contributed by atoms with Crippen molar-refractivity contribution in [3.63, 3.8) is 0 Å². The van der Waals surface area contributed by atoms with Crippen molar-refractivity contribution in [2.75, 3.05) is 14.2 Å². The lowest BCUT2D eigenvalue weighted by atomic mass is 10.2. The van der Waals surface area contributed by atoms with E-state index in [4.69, 9.17) is 26.1 Å². The van der Waals surface area contributed by atoms with Gasteiger partial charge in [-0.1, -0.05) is 47.4 Å². The molecule has 5 nitrogen and oxygen atoms in total. The molecule has 5 rings (SSSR count). The molecule has 0 aromatic heterocycles. The summed E-state index contributed by atoms with van der Waals surface area (Å²) in [6.07, 6.45) is 2.07. The molecule has 0 N–H and O–H groups in total. The number of nitrogens with zero attached hydrogens (tertiary/aromatic N) is 3. The molecule has 0 fully saturated rings. The summed E-state index contributed by atoms with van der Waals surface area (Å²) in [5.41, 5.74) is 4.26. The zero-order chi connectivity index (χ0) is 23.5. The van der Waals surface area contributed by atoms with Gasteiger partial charge in [-0.3, -0.25) is 3.96 Å². The molecule has 2 aliphatic rings. The van der Waals surface area contributed by atoms with Crippen molar-refractivity contribution < 1.29 is 9.47 Å². The molecular weight excluding hydrogens is 466 g/mol. The van der Waals surface area contributed by atoms with Gasteiger partial charge in [0.1, 0.15) is 11.5 Å². The highest BCUT2D eigenvalue weighted by Gasteiger charge is 2.14. The molecule has 3 aromatic carbocycles. The Morgan fingerprint density at radius 1 is 0.824 bits per heavy atom. The number of halogens is 1. The van der Waals surface area contributed by atoms with Crippen molar-refractivity contribution in [3.05, 3.63) is 101 Å². The molecule has 0 saturated heterocycles. The maximum Gasteiger partial charge on any atom is 0.158 e. The van der Waals surface area contributed by atoms with Crippen LogP contribution >= 0.6 is 23.1 Å². The van der Waals surface area contributed by atoms with Crippen LogP contribution in [0.2, 0.25) is 5.02 Å². The zero-order valence-electron chi connectivity index (χ0n) is 18.9. The monoisotopic (exact) mass is 489 g/mol. The van der Waals surface area contributed by atoms with Gasteiger partial charge < -0.3 is 14.0 Å². The Labute approximate surface area is 207 Å². The quantitative estimate of drug-likeness (QED) is 0.260. The number of hydrogen-bond acceptors (Lipinski definition) is 4. The van der Waals surface area contributed by atoms with Gasteiger partial charge in [0.15, 0.2) is 5.82 Å². The van der Waals surface area contributed by atoms with E-state index in [0.29, 0.717) is 18.1 Å². The number of methoxy groups -OCH3 is 2. The lowest BCUT2D eigenvalue weighted by Gasteiger charge is -2.16. The minimum absolute atomic E-state index is 0.672.